The minimum atomic E-state index is -0.0962. The third-order valence-corrected chi connectivity index (χ3v) is 7.86. The van der Waals surface area contributed by atoms with E-state index >= 15 is 0 Å². The number of benzene rings is 3. The number of anilines is 5. The average molecular weight is 554 g/mol. The Morgan fingerprint density at radius 1 is 1.05 bits per heavy atom. The molecule has 2 aliphatic rings. The molecule has 6 bridgehead atoms. The third-order valence-electron chi connectivity index (χ3n) is 7.58. The number of hydrogen-bond acceptors (Lipinski definition) is 6. The van der Waals surface area contributed by atoms with Gasteiger partial charge in [0.1, 0.15) is 5.02 Å². The van der Waals surface area contributed by atoms with Crippen LogP contribution < -0.4 is 16.0 Å². The van der Waals surface area contributed by atoms with Gasteiger partial charge >= 0.3 is 6.03 Å². The van der Waals surface area contributed by atoms with Crippen molar-refractivity contribution in [2.24, 2.45) is 0 Å². The van der Waals surface area contributed by atoms with Crippen LogP contribution in [-0.4, -0.2) is 52.0 Å². The van der Waals surface area contributed by atoms with E-state index in [1.165, 1.54) is 11.1 Å². The first kappa shape index (κ1) is 26.1. The first-order chi connectivity index (χ1) is 19.5. The number of carbonyl (C=O) groups excluding carboxylic acids is 1. The lowest BCUT2D eigenvalue weighted by molar-refractivity contribution is 0.201. The van der Waals surface area contributed by atoms with E-state index < -0.39 is 0 Å². The molecule has 40 heavy (non-hydrogen) atoms. The fourth-order valence-corrected chi connectivity index (χ4v) is 5.49. The minimum Gasteiger partial charge on any atom is -0.339 e. The van der Waals surface area contributed by atoms with Crippen LogP contribution in [0.4, 0.5) is 33.6 Å². The smallest absolute Gasteiger partial charge is 0.321 e. The number of aromatic nitrogens is 2. The molecule has 0 aliphatic carbocycles. The highest BCUT2D eigenvalue weighted by Crippen LogP contribution is 2.30. The predicted molar refractivity (Wildman–Crippen MR) is 161 cm³/mol. The molecule has 1 aromatic heterocycles. The van der Waals surface area contributed by atoms with E-state index in [-0.39, 0.29) is 12.1 Å². The van der Waals surface area contributed by atoms with Crippen LogP contribution in [0.25, 0.3) is 0 Å². The van der Waals surface area contributed by atoms with Crippen LogP contribution in [0, 0.1) is 0 Å². The summed E-state index contributed by atoms with van der Waals surface area (Å²) >= 11 is 6.40. The number of likely N-dealkylation sites (N-methyl/N-ethyl adjacent to an activating group) is 1. The molecule has 3 aromatic carbocycles. The maximum absolute atomic E-state index is 13.4. The van der Waals surface area contributed by atoms with Crippen LogP contribution in [0.5, 0.6) is 0 Å². The van der Waals surface area contributed by atoms with Crippen molar-refractivity contribution in [3.8, 4) is 0 Å². The molecule has 4 aromatic rings. The van der Waals surface area contributed by atoms with Gasteiger partial charge in [-0.3, -0.25) is 4.90 Å². The number of nitrogens with zero attached hydrogens (tertiary/aromatic N) is 4. The summed E-state index contributed by atoms with van der Waals surface area (Å²) in [6.07, 6.45) is 4.11. The van der Waals surface area contributed by atoms with Gasteiger partial charge in [-0.1, -0.05) is 54.1 Å². The number of nitrogens with one attached hydrogen (secondary N) is 3. The lowest BCUT2D eigenvalue weighted by Gasteiger charge is -2.26. The van der Waals surface area contributed by atoms with E-state index in [2.05, 4.69) is 73.3 Å². The Balaban J connectivity index is 1.20. The van der Waals surface area contributed by atoms with Crippen molar-refractivity contribution in [3.05, 3.63) is 101 Å². The number of amides is 2. The monoisotopic (exact) mass is 553 g/mol. The van der Waals surface area contributed by atoms with Gasteiger partial charge < -0.3 is 20.9 Å². The summed E-state index contributed by atoms with van der Waals surface area (Å²) in [7, 11) is 1.89. The fourth-order valence-electron chi connectivity index (χ4n) is 5.35. The molecule has 3 N–H and O–H groups in total. The van der Waals surface area contributed by atoms with Gasteiger partial charge in [0, 0.05) is 49.8 Å². The molecule has 204 valence electrons. The van der Waals surface area contributed by atoms with Crippen LogP contribution in [0.3, 0.4) is 0 Å². The molecule has 3 heterocycles. The summed E-state index contributed by atoms with van der Waals surface area (Å²) in [6.45, 7) is 2.74. The predicted octanol–water partition coefficient (Wildman–Crippen LogP) is 6.45. The van der Waals surface area contributed by atoms with E-state index in [4.69, 9.17) is 11.6 Å². The number of halogens is 1. The van der Waals surface area contributed by atoms with Crippen molar-refractivity contribution in [1.29, 1.82) is 0 Å². The quantitative estimate of drug-likeness (QED) is 0.269. The van der Waals surface area contributed by atoms with Crippen molar-refractivity contribution in [1.82, 2.24) is 19.8 Å². The van der Waals surface area contributed by atoms with Crippen molar-refractivity contribution >= 4 is 46.5 Å². The second-order valence-electron chi connectivity index (χ2n) is 10.4. The number of aryl methyl sites for hydroxylation is 2. The van der Waals surface area contributed by atoms with Crippen molar-refractivity contribution in [2.45, 2.75) is 31.8 Å². The van der Waals surface area contributed by atoms with Gasteiger partial charge in [-0.05, 0) is 66.3 Å². The standard InChI is InChI=1S/C31H32ClN7O/c1-38(26-14-15-39(20-26)19-22-6-3-2-4-7-22)31(40)36-28-13-12-25-17-23(28)11-10-21-8-5-9-24(16-21)35-30-33-18-27(32)29(34-25)37-30/h2-9,12-13,16-18,26H,10-11,14-15,19-20H2,1H3,(H,36,40)(H2,33,34,35,37)/t26-/m0/s1. The van der Waals surface area contributed by atoms with Crippen molar-refractivity contribution < 1.29 is 4.79 Å². The Hall–Kier alpha value is -4.14. The lowest BCUT2D eigenvalue weighted by Crippen LogP contribution is -2.41. The molecule has 0 spiro atoms. The van der Waals surface area contributed by atoms with Gasteiger partial charge in [-0.2, -0.15) is 4.98 Å². The number of likely N-dealkylation sites (tertiary alicyclic amines) is 1. The largest absolute Gasteiger partial charge is 0.339 e. The van der Waals surface area contributed by atoms with E-state index in [0.717, 1.165) is 61.5 Å². The Morgan fingerprint density at radius 2 is 1.90 bits per heavy atom. The van der Waals surface area contributed by atoms with Crippen LogP contribution in [0.1, 0.15) is 23.1 Å². The first-order valence-corrected chi connectivity index (χ1v) is 14.0. The molecule has 1 fully saturated rings. The number of carbonyl (C=O) groups is 1. The second kappa shape index (κ2) is 11.5. The molecular formula is C31H32ClN7O. The summed E-state index contributed by atoms with van der Waals surface area (Å²) in [6, 6.07) is 24.7. The Kier molecular flexibility index (Phi) is 7.53. The van der Waals surface area contributed by atoms with E-state index in [0.29, 0.717) is 16.8 Å². The molecule has 1 atom stereocenters. The SMILES string of the molecule is CN(C(=O)Nc1ccc2cc1CCc1cccc(c1)Nc1ncc(Cl)c(n1)N2)[C@H]1CCN(Cc2ccccc2)C1. The number of rotatable bonds is 4. The van der Waals surface area contributed by atoms with Gasteiger partial charge in [-0.15, -0.1) is 0 Å². The van der Waals surface area contributed by atoms with Gasteiger partial charge in [0.05, 0.1) is 6.20 Å². The highest BCUT2D eigenvalue weighted by Gasteiger charge is 2.28. The maximum atomic E-state index is 13.4. The Morgan fingerprint density at radius 3 is 2.77 bits per heavy atom. The maximum Gasteiger partial charge on any atom is 0.321 e. The Bertz CT molecular complexity index is 1510. The fraction of sp³-hybridized carbons (Fsp3) is 0.258. The van der Waals surface area contributed by atoms with Gasteiger partial charge in [0.25, 0.3) is 0 Å². The lowest BCUT2D eigenvalue weighted by atomic mass is 10.0. The number of fused-ring (bicyclic) bond motifs is 6. The van der Waals surface area contributed by atoms with Gasteiger partial charge in [0.15, 0.2) is 5.82 Å². The highest BCUT2D eigenvalue weighted by atomic mass is 35.5. The third kappa shape index (κ3) is 6.03. The number of urea groups is 1. The Labute approximate surface area is 239 Å². The normalized spacial score (nSPS) is 16.5. The number of hydrogen-bond donors (Lipinski definition) is 3. The molecule has 0 radical (unpaired) electrons. The second-order valence-corrected chi connectivity index (χ2v) is 10.8. The molecule has 0 unspecified atom stereocenters. The summed E-state index contributed by atoms with van der Waals surface area (Å²) in [5, 5.41) is 10.2. The summed E-state index contributed by atoms with van der Waals surface area (Å²) in [5.41, 5.74) is 6.06. The topological polar surface area (TPSA) is 85.4 Å². The van der Waals surface area contributed by atoms with Crippen LogP contribution >= 0.6 is 11.6 Å². The molecule has 2 aliphatic heterocycles. The molecule has 2 amide bonds. The van der Waals surface area contributed by atoms with Crippen molar-refractivity contribution in [3.63, 3.8) is 0 Å². The van der Waals surface area contributed by atoms with Crippen LogP contribution in [0.2, 0.25) is 5.02 Å². The zero-order chi connectivity index (χ0) is 27.5. The van der Waals surface area contributed by atoms with Crippen LogP contribution in [-0.2, 0) is 19.4 Å². The summed E-state index contributed by atoms with van der Waals surface area (Å²) in [4.78, 5) is 26.5. The van der Waals surface area contributed by atoms with Crippen molar-refractivity contribution in [2.75, 3.05) is 36.1 Å². The molecule has 9 heteroatoms. The van der Waals surface area contributed by atoms with E-state index in [9.17, 15) is 4.79 Å². The minimum absolute atomic E-state index is 0.0962. The molecular weight excluding hydrogens is 522 g/mol. The van der Waals surface area contributed by atoms with E-state index in [1.807, 2.05) is 42.3 Å². The van der Waals surface area contributed by atoms with Gasteiger partial charge in [0.2, 0.25) is 5.95 Å². The molecule has 1 saturated heterocycles. The highest BCUT2D eigenvalue weighted by molar-refractivity contribution is 6.32. The first-order valence-electron chi connectivity index (χ1n) is 13.6. The van der Waals surface area contributed by atoms with Crippen LogP contribution in [0.15, 0.2) is 79.0 Å². The zero-order valence-electron chi connectivity index (χ0n) is 22.4. The molecule has 6 rings (SSSR count). The van der Waals surface area contributed by atoms with Gasteiger partial charge in [-0.25, -0.2) is 9.78 Å². The summed E-state index contributed by atoms with van der Waals surface area (Å²) < 4.78 is 0. The molecule has 0 saturated carbocycles. The molecule has 8 nitrogen and oxygen atoms in total. The zero-order valence-corrected chi connectivity index (χ0v) is 23.2. The summed E-state index contributed by atoms with van der Waals surface area (Å²) in [5.74, 6) is 0.975. The van der Waals surface area contributed by atoms with E-state index in [1.54, 1.807) is 6.20 Å². The average Bonchev–Trinajstić information content (AvgIpc) is 3.43.